The van der Waals surface area contributed by atoms with Crippen molar-refractivity contribution in [3.63, 3.8) is 0 Å². The molecule has 122 valence electrons. The fourth-order valence-corrected chi connectivity index (χ4v) is 4.20. The predicted molar refractivity (Wildman–Crippen MR) is 94.8 cm³/mol. The van der Waals surface area contributed by atoms with Crippen molar-refractivity contribution < 1.29 is 4.79 Å². The van der Waals surface area contributed by atoms with Gasteiger partial charge in [-0.2, -0.15) is 0 Å². The topological polar surface area (TPSA) is 55.1 Å². The molecule has 22 heavy (non-hydrogen) atoms. The van der Waals surface area contributed by atoms with Crippen LogP contribution in [0, 0.1) is 17.8 Å². The standard InChI is InChI=1S/C17H23BrN2O.ClH/c18-15-6-4-11(5-7-15)10-20-17(21)14-8-12-2-1-3-13(9-14)16(12)19;/h4-7,12-14,16H,1-3,8-10,19H2,(H,20,21);1H. The molecule has 2 bridgehead atoms. The van der Waals surface area contributed by atoms with Crippen LogP contribution >= 0.6 is 28.3 Å². The fourth-order valence-electron chi connectivity index (χ4n) is 3.94. The van der Waals surface area contributed by atoms with E-state index in [1.807, 2.05) is 24.3 Å². The van der Waals surface area contributed by atoms with Gasteiger partial charge in [-0.1, -0.05) is 34.5 Å². The number of rotatable bonds is 3. The highest BCUT2D eigenvalue weighted by Gasteiger charge is 2.40. The number of halogens is 2. The third kappa shape index (κ3) is 4.03. The second kappa shape index (κ2) is 7.80. The van der Waals surface area contributed by atoms with E-state index in [2.05, 4.69) is 21.2 Å². The van der Waals surface area contributed by atoms with Crippen LogP contribution in [0.3, 0.4) is 0 Å². The number of benzene rings is 1. The third-order valence-electron chi connectivity index (χ3n) is 5.16. The van der Waals surface area contributed by atoms with Crippen LogP contribution in [0.2, 0.25) is 0 Å². The van der Waals surface area contributed by atoms with Gasteiger partial charge in [0.2, 0.25) is 5.91 Å². The van der Waals surface area contributed by atoms with E-state index in [4.69, 9.17) is 5.73 Å². The summed E-state index contributed by atoms with van der Waals surface area (Å²) in [6, 6.07) is 8.41. The number of hydrogen-bond acceptors (Lipinski definition) is 2. The molecule has 3 rings (SSSR count). The molecule has 0 radical (unpaired) electrons. The van der Waals surface area contributed by atoms with E-state index in [1.54, 1.807) is 0 Å². The summed E-state index contributed by atoms with van der Waals surface area (Å²) >= 11 is 3.42. The minimum atomic E-state index is 0. The van der Waals surface area contributed by atoms with Crippen LogP contribution < -0.4 is 11.1 Å². The molecule has 5 heteroatoms. The smallest absolute Gasteiger partial charge is 0.223 e. The molecular weight excluding hydrogens is 364 g/mol. The summed E-state index contributed by atoms with van der Waals surface area (Å²) in [5, 5.41) is 3.10. The summed E-state index contributed by atoms with van der Waals surface area (Å²) < 4.78 is 1.06. The fraction of sp³-hybridized carbons (Fsp3) is 0.588. The summed E-state index contributed by atoms with van der Waals surface area (Å²) in [6.45, 7) is 0.615. The van der Waals surface area contributed by atoms with E-state index in [-0.39, 0.29) is 24.2 Å². The van der Waals surface area contributed by atoms with Crippen molar-refractivity contribution >= 4 is 34.2 Å². The Kier molecular flexibility index (Phi) is 6.30. The van der Waals surface area contributed by atoms with E-state index in [0.29, 0.717) is 24.4 Å². The van der Waals surface area contributed by atoms with Gasteiger partial charge in [0.25, 0.3) is 0 Å². The van der Waals surface area contributed by atoms with Crippen LogP contribution in [-0.4, -0.2) is 11.9 Å². The lowest BCUT2D eigenvalue weighted by molar-refractivity contribution is -0.128. The summed E-state index contributed by atoms with van der Waals surface area (Å²) in [5.74, 6) is 1.49. The molecule has 2 saturated carbocycles. The Balaban J connectivity index is 0.00000176. The Morgan fingerprint density at radius 2 is 1.77 bits per heavy atom. The van der Waals surface area contributed by atoms with E-state index < -0.39 is 0 Å². The number of carbonyl (C=O) groups is 1. The maximum atomic E-state index is 12.4. The highest BCUT2D eigenvalue weighted by Crippen LogP contribution is 2.41. The molecule has 2 unspecified atom stereocenters. The molecule has 1 aromatic carbocycles. The first kappa shape index (κ1) is 17.8. The average molecular weight is 388 g/mol. The molecule has 2 aliphatic rings. The molecule has 1 amide bonds. The molecule has 3 nitrogen and oxygen atoms in total. The summed E-state index contributed by atoms with van der Waals surface area (Å²) in [6.07, 6.45) is 5.65. The van der Waals surface area contributed by atoms with Gasteiger partial charge in [0, 0.05) is 23.0 Å². The highest BCUT2D eigenvalue weighted by molar-refractivity contribution is 9.10. The lowest BCUT2D eigenvalue weighted by Crippen LogP contribution is -2.49. The minimum Gasteiger partial charge on any atom is -0.352 e. The zero-order valence-corrected chi connectivity index (χ0v) is 15.0. The van der Waals surface area contributed by atoms with Gasteiger partial charge in [0.15, 0.2) is 0 Å². The molecule has 0 aliphatic heterocycles. The Bertz CT molecular complexity index is 494. The van der Waals surface area contributed by atoms with Gasteiger partial charge >= 0.3 is 0 Å². The van der Waals surface area contributed by atoms with E-state index in [9.17, 15) is 4.79 Å². The molecule has 2 fully saturated rings. The second-order valence-corrected chi connectivity index (χ2v) is 7.46. The zero-order chi connectivity index (χ0) is 14.8. The largest absolute Gasteiger partial charge is 0.352 e. The van der Waals surface area contributed by atoms with Crippen LogP contribution in [0.25, 0.3) is 0 Å². The first-order valence-electron chi connectivity index (χ1n) is 7.91. The highest BCUT2D eigenvalue weighted by atomic mass is 79.9. The minimum absolute atomic E-state index is 0. The Labute approximate surface area is 147 Å². The Morgan fingerprint density at radius 3 is 2.36 bits per heavy atom. The number of fused-ring (bicyclic) bond motifs is 2. The van der Waals surface area contributed by atoms with Crippen molar-refractivity contribution in [1.29, 1.82) is 0 Å². The predicted octanol–water partition coefficient (Wildman–Crippen LogP) is 3.64. The first-order valence-corrected chi connectivity index (χ1v) is 8.70. The average Bonchev–Trinajstić information content (AvgIpc) is 2.46. The van der Waals surface area contributed by atoms with Gasteiger partial charge in [-0.25, -0.2) is 0 Å². The van der Waals surface area contributed by atoms with E-state index in [1.165, 1.54) is 19.3 Å². The van der Waals surface area contributed by atoms with Gasteiger partial charge in [-0.05, 0) is 55.2 Å². The van der Waals surface area contributed by atoms with Crippen LogP contribution in [0.15, 0.2) is 28.7 Å². The molecule has 0 heterocycles. The molecule has 2 atom stereocenters. The van der Waals surface area contributed by atoms with Gasteiger partial charge in [-0.15, -0.1) is 12.4 Å². The van der Waals surface area contributed by atoms with Crippen molar-refractivity contribution in [2.45, 2.75) is 44.7 Å². The second-order valence-electron chi connectivity index (χ2n) is 6.54. The first-order chi connectivity index (χ1) is 10.1. The Hall–Kier alpha value is -0.580. The monoisotopic (exact) mass is 386 g/mol. The normalized spacial score (nSPS) is 30.3. The molecule has 3 N–H and O–H groups in total. The Morgan fingerprint density at radius 1 is 1.18 bits per heavy atom. The zero-order valence-electron chi connectivity index (χ0n) is 12.6. The number of amides is 1. The SMILES string of the molecule is Cl.NC1C2CCCC1CC(C(=O)NCc1ccc(Br)cc1)C2. The lowest BCUT2D eigenvalue weighted by Gasteiger charge is -2.43. The van der Waals surface area contributed by atoms with Crippen molar-refractivity contribution in [3.8, 4) is 0 Å². The van der Waals surface area contributed by atoms with Crippen molar-refractivity contribution in [2.75, 3.05) is 0 Å². The molecule has 1 aromatic rings. The number of hydrogen-bond donors (Lipinski definition) is 2. The quantitative estimate of drug-likeness (QED) is 0.832. The third-order valence-corrected chi connectivity index (χ3v) is 5.69. The molecule has 2 aliphatic carbocycles. The lowest BCUT2D eigenvalue weighted by atomic mass is 9.65. The number of carbonyl (C=O) groups excluding carboxylic acids is 1. The maximum absolute atomic E-state index is 12.4. The summed E-state index contributed by atoms with van der Waals surface area (Å²) in [5.41, 5.74) is 7.43. The van der Waals surface area contributed by atoms with Gasteiger partial charge < -0.3 is 11.1 Å². The molecule has 0 saturated heterocycles. The maximum Gasteiger partial charge on any atom is 0.223 e. The van der Waals surface area contributed by atoms with Crippen LogP contribution in [-0.2, 0) is 11.3 Å². The van der Waals surface area contributed by atoms with Crippen LogP contribution in [0.1, 0.15) is 37.7 Å². The molecule has 0 spiro atoms. The summed E-state index contributed by atoms with van der Waals surface area (Å²) in [4.78, 5) is 12.4. The van der Waals surface area contributed by atoms with E-state index >= 15 is 0 Å². The van der Waals surface area contributed by atoms with Gasteiger partial charge in [0.1, 0.15) is 0 Å². The molecular formula is C17H24BrClN2O. The van der Waals surface area contributed by atoms with E-state index in [0.717, 1.165) is 22.9 Å². The summed E-state index contributed by atoms with van der Waals surface area (Å²) in [7, 11) is 0. The molecule has 0 aromatic heterocycles. The van der Waals surface area contributed by atoms with Gasteiger partial charge in [-0.3, -0.25) is 4.79 Å². The number of nitrogens with two attached hydrogens (primary N) is 1. The van der Waals surface area contributed by atoms with Crippen molar-refractivity contribution in [2.24, 2.45) is 23.5 Å². The van der Waals surface area contributed by atoms with Crippen LogP contribution in [0.5, 0.6) is 0 Å². The van der Waals surface area contributed by atoms with Crippen molar-refractivity contribution in [1.82, 2.24) is 5.32 Å². The van der Waals surface area contributed by atoms with Crippen LogP contribution in [0.4, 0.5) is 0 Å². The van der Waals surface area contributed by atoms with Crippen molar-refractivity contribution in [3.05, 3.63) is 34.3 Å². The van der Waals surface area contributed by atoms with Gasteiger partial charge in [0.05, 0.1) is 0 Å². The number of nitrogens with one attached hydrogen (secondary N) is 1.